The molecular formula is C13H22O3S. The van der Waals surface area contributed by atoms with Crippen molar-refractivity contribution in [2.24, 2.45) is 11.8 Å². The minimum atomic E-state index is -0.662. The SMILES string of the molecule is CC(CC1CCOC2(CCSCC2)C1)C(=O)O. The lowest BCUT2D eigenvalue weighted by molar-refractivity contribution is -0.143. The summed E-state index contributed by atoms with van der Waals surface area (Å²) in [5.74, 6) is 2.05. The standard InChI is InChI=1S/C13H22O3S/c1-10(12(14)15)8-11-2-5-16-13(9-11)3-6-17-7-4-13/h10-11H,2-9H2,1H3,(H,14,15). The van der Waals surface area contributed by atoms with Gasteiger partial charge in [-0.1, -0.05) is 6.92 Å². The van der Waals surface area contributed by atoms with Crippen LogP contribution < -0.4 is 0 Å². The molecule has 2 unspecified atom stereocenters. The summed E-state index contributed by atoms with van der Waals surface area (Å²) in [6.07, 6.45) is 5.22. The zero-order valence-electron chi connectivity index (χ0n) is 10.5. The molecule has 2 saturated heterocycles. The summed E-state index contributed by atoms with van der Waals surface area (Å²) < 4.78 is 6.02. The molecule has 2 aliphatic heterocycles. The third-order valence-electron chi connectivity index (χ3n) is 4.11. The predicted molar refractivity (Wildman–Crippen MR) is 69.4 cm³/mol. The molecule has 1 N–H and O–H groups in total. The number of ether oxygens (including phenoxy) is 1. The molecule has 2 heterocycles. The van der Waals surface area contributed by atoms with Crippen LogP contribution >= 0.6 is 11.8 Å². The second-order valence-electron chi connectivity index (χ2n) is 5.48. The van der Waals surface area contributed by atoms with Gasteiger partial charge in [0.05, 0.1) is 11.5 Å². The summed E-state index contributed by atoms with van der Waals surface area (Å²) in [5, 5.41) is 8.98. The van der Waals surface area contributed by atoms with Crippen molar-refractivity contribution >= 4 is 17.7 Å². The van der Waals surface area contributed by atoms with Gasteiger partial charge in [0.1, 0.15) is 0 Å². The van der Waals surface area contributed by atoms with Crippen LogP contribution in [0.25, 0.3) is 0 Å². The molecule has 1 spiro atoms. The minimum Gasteiger partial charge on any atom is -0.481 e. The van der Waals surface area contributed by atoms with Crippen LogP contribution in [0.15, 0.2) is 0 Å². The van der Waals surface area contributed by atoms with E-state index in [0.717, 1.165) is 38.7 Å². The van der Waals surface area contributed by atoms with E-state index in [1.54, 1.807) is 0 Å². The fourth-order valence-electron chi connectivity index (χ4n) is 3.02. The fourth-order valence-corrected chi connectivity index (χ4v) is 4.26. The van der Waals surface area contributed by atoms with E-state index in [-0.39, 0.29) is 11.5 Å². The van der Waals surface area contributed by atoms with Crippen LogP contribution in [0, 0.1) is 11.8 Å². The molecule has 2 atom stereocenters. The van der Waals surface area contributed by atoms with Crippen molar-refractivity contribution < 1.29 is 14.6 Å². The van der Waals surface area contributed by atoms with Crippen LogP contribution in [-0.2, 0) is 9.53 Å². The molecule has 2 aliphatic rings. The van der Waals surface area contributed by atoms with Gasteiger partial charge in [-0.05, 0) is 49.5 Å². The smallest absolute Gasteiger partial charge is 0.306 e. The Balaban J connectivity index is 1.90. The molecule has 0 aromatic rings. The summed E-state index contributed by atoms with van der Waals surface area (Å²) in [5.41, 5.74) is 0.0897. The van der Waals surface area contributed by atoms with Crippen molar-refractivity contribution in [2.45, 2.75) is 44.6 Å². The van der Waals surface area contributed by atoms with Gasteiger partial charge in [-0.15, -0.1) is 0 Å². The minimum absolute atomic E-state index is 0.0897. The van der Waals surface area contributed by atoms with Crippen LogP contribution in [0.5, 0.6) is 0 Å². The number of carbonyl (C=O) groups is 1. The Morgan fingerprint density at radius 1 is 1.53 bits per heavy atom. The highest BCUT2D eigenvalue weighted by molar-refractivity contribution is 7.99. The first kappa shape index (κ1) is 13.2. The average Bonchev–Trinajstić information content (AvgIpc) is 2.30. The normalized spacial score (nSPS) is 30.1. The van der Waals surface area contributed by atoms with Gasteiger partial charge in [-0.3, -0.25) is 4.79 Å². The molecule has 3 nitrogen and oxygen atoms in total. The Morgan fingerprint density at radius 3 is 2.88 bits per heavy atom. The highest BCUT2D eigenvalue weighted by Crippen LogP contribution is 2.41. The number of rotatable bonds is 3. The zero-order valence-corrected chi connectivity index (χ0v) is 11.3. The van der Waals surface area contributed by atoms with E-state index in [0.29, 0.717) is 5.92 Å². The van der Waals surface area contributed by atoms with E-state index < -0.39 is 5.97 Å². The van der Waals surface area contributed by atoms with Crippen molar-refractivity contribution in [3.05, 3.63) is 0 Å². The van der Waals surface area contributed by atoms with Crippen molar-refractivity contribution in [2.75, 3.05) is 18.1 Å². The van der Waals surface area contributed by atoms with Gasteiger partial charge in [0.15, 0.2) is 0 Å². The van der Waals surface area contributed by atoms with Crippen LogP contribution in [0.4, 0.5) is 0 Å². The maximum Gasteiger partial charge on any atom is 0.306 e. The number of aliphatic carboxylic acids is 1. The van der Waals surface area contributed by atoms with Gasteiger partial charge in [-0.25, -0.2) is 0 Å². The summed E-state index contributed by atoms with van der Waals surface area (Å²) in [4.78, 5) is 10.9. The van der Waals surface area contributed by atoms with E-state index in [1.807, 2.05) is 18.7 Å². The quantitative estimate of drug-likeness (QED) is 0.845. The molecule has 0 bridgehead atoms. The van der Waals surface area contributed by atoms with Gasteiger partial charge < -0.3 is 9.84 Å². The summed E-state index contributed by atoms with van der Waals surface area (Å²) in [7, 11) is 0. The Bertz CT molecular complexity index is 268. The largest absolute Gasteiger partial charge is 0.481 e. The Labute approximate surface area is 107 Å². The molecule has 0 aromatic heterocycles. The maximum absolute atomic E-state index is 10.9. The molecule has 17 heavy (non-hydrogen) atoms. The van der Waals surface area contributed by atoms with Crippen molar-refractivity contribution in [1.29, 1.82) is 0 Å². The van der Waals surface area contributed by atoms with Crippen LogP contribution in [0.3, 0.4) is 0 Å². The van der Waals surface area contributed by atoms with Gasteiger partial charge in [0.2, 0.25) is 0 Å². The molecule has 0 radical (unpaired) electrons. The van der Waals surface area contributed by atoms with Crippen LogP contribution in [-0.4, -0.2) is 34.8 Å². The molecule has 0 saturated carbocycles. The topological polar surface area (TPSA) is 46.5 Å². The van der Waals surface area contributed by atoms with Gasteiger partial charge >= 0.3 is 5.97 Å². The number of hydrogen-bond acceptors (Lipinski definition) is 3. The third kappa shape index (κ3) is 3.38. The van der Waals surface area contributed by atoms with Crippen LogP contribution in [0.1, 0.15) is 39.0 Å². The number of hydrogen-bond donors (Lipinski definition) is 1. The molecule has 98 valence electrons. The summed E-state index contributed by atoms with van der Waals surface area (Å²) >= 11 is 2.01. The number of carboxylic acid groups (broad SMARTS) is 1. The van der Waals surface area contributed by atoms with Crippen molar-refractivity contribution in [1.82, 2.24) is 0 Å². The average molecular weight is 258 g/mol. The predicted octanol–water partition coefficient (Wildman–Crippen LogP) is 2.79. The molecule has 0 aromatic carbocycles. The monoisotopic (exact) mass is 258 g/mol. The number of carboxylic acids is 1. The molecule has 2 rings (SSSR count). The van der Waals surface area contributed by atoms with Crippen LogP contribution in [0.2, 0.25) is 0 Å². The van der Waals surface area contributed by atoms with E-state index in [9.17, 15) is 4.79 Å². The Morgan fingerprint density at radius 2 is 2.24 bits per heavy atom. The lowest BCUT2D eigenvalue weighted by Gasteiger charge is -2.43. The molecule has 0 aliphatic carbocycles. The van der Waals surface area contributed by atoms with Gasteiger partial charge in [-0.2, -0.15) is 11.8 Å². The lowest BCUT2D eigenvalue weighted by Crippen LogP contribution is -2.43. The molecule has 4 heteroatoms. The van der Waals surface area contributed by atoms with Gasteiger partial charge in [0.25, 0.3) is 0 Å². The van der Waals surface area contributed by atoms with E-state index in [2.05, 4.69) is 0 Å². The molecule has 0 amide bonds. The second-order valence-corrected chi connectivity index (χ2v) is 6.70. The zero-order chi connectivity index (χ0) is 12.3. The first-order valence-electron chi connectivity index (χ1n) is 6.56. The Kier molecular flexibility index (Phi) is 4.36. The highest BCUT2D eigenvalue weighted by atomic mass is 32.2. The second kappa shape index (κ2) is 5.61. The van der Waals surface area contributed by atoms with Crippen molar-refractivity contribution in [3.63, 3.8) is 0 Å². The Hall–Kier alpha value is -0.220. The van der Waals surface area contributed by atoms with Gasteiger partial charge in [0, 0.05) is 6.61 Å². The van der Waals surface area contributed by atoms with E-state index in [1.165, 1.54) is 11.5 Å². The summed E-state index contributed by atoms with van der Waals surface area (Å²) in [6.45, 7) is 2.64. The summed E-state index contributed by atoms with van der Waals surface area (Å²) in [6, 6.07) is 0. The number of thioether (sulfide) groups is 1. The van der Waals surface area contributed by atoms with E-state index in [4.69, 9.17) is 9.84 Å². The fraction of sp³-hybridized carbons (Fsp3) is 0.923. The van der Waals surface area contributed by atoms with Crippen molar-refractivity contribution in [3.8, 4) is 0 Å². The third-order valence-corrected chi connectivity index (χ3v) is 5.09. The maximum atomic E-state index is 10.9. The first-order chi connectivity index (χ1) is 8.11. The highest BCUT2D eigenvalue weighted by Gasteiger charge is 2.39. The molecule has 2 fully saturated rings. The van der Waals surface area contributed by atoms with E-state index >= 15 is 0 Å². The molecular weight excluding hydrogens is 236 g/mol. The first-order valence-corrected chi connectivity index (χ1v) is 7.71. The lowest BCUT2D eigenvalue weighted by atomic mass is 9.78.